The van der Waals surface area contributed by atoms with E-state index in [4.69, 9.17) is 19.1 Å². The first-order valence-electron chi connectivity index (χ1n) is 21.9. The SMILES string of the molecule is CC/C=C/C/C=C/C/C=C/C/C=C/C/C=C/CCCCCC(=O)OC[C@H](COP(=O)(O)OC[C@@H](O)CO)OC(=O)CCCCC/C=C/CCCCCCCCCC. The molecule has 0 radical (unpaired) electrons. The fourth-order valence-electron chi connectivity index (χ4n) is 5.48. The Bertz CT molecular complexity index is 1180. The van der Waals surface area contributed by atoms with E-state index in [1.54, 1.807) is 0 Å². The van der Waals surface area contributed by atoms with Crippen LogP contribution in [0, 0.1) is 0 Å². The van der Waals surface area contributed by atoms with Crippen LogP contribution >= 0.6 is 7.82 Å². The lowest BCUT2D eigenvalue weighted by Crippen LogP contribution is -2.29. The van der Waals surface area contributed by atoms with Crippen LogP contribution in [0.15, 0.2) is 72.9 Å². The summed E-state index contributed by atoms with van der Waals surface area (Å²) in [5.74, 6) is -0.986. The maximum absolute atomic E-state index is 12.6. The van der Waals surface area contributed by atoms with Gasteiger partial charge in [-0.25, -0.2) is 4.57 Å². The minimum Gasteiger partial charge on any atom is -0.462 e. The van der Waals surface area contributed by atoms with Gasteiger partial charge in [0.15, 0.2) is 6.10 Å². The zero-order valence-corrected chi connectivity index (χ0v) is 36.4. The van der Waals surface area contributed by atoms with E-state index in [-0.39, 0.29) is 19.4 Å². The van der Waals surface area contributed by atoms with Crippen molar-refractivity contribution in [3.63, 3.8) is 0 Å². The molecule has 328 valence electrons. The molecule has 0 aromatic rings. The van der Waals surface area contributed by atoms with Crippen molar-refractivity contribution in [2.24, 2.45) is 0 Å². The van der Waals surface area contributed by atoms with Crippen molar-refractivity contribution in [3.8, 4) is 0 Å². The van der Waals surface area contributed by atoms with Crippen LogP contribution in [0.2, 0.25) is 0 Å². The molecule has 0 saturated carbocycles. The number of phosphoric acid groups is 1. The normalized spacial score (nSPS) is 14.5. The van der Waals surface area contributed by atoms with Gasteiger partial charge in [-0.1, -0.05) is 145 Å². The van der Waals surface area contributed by atoms with Gasteiger partial charge < -0.3 is 24.6 Å². The number of ether oxygens (including phenoxy) is 2. The highest BCUT2D eigenvalue weighted by Crippen LogP contribution is 2.43. The molecule has 0 bridgehead atoms. The molecule has 0 spiro atoms. The Kier molecular flexibility index (Phi) is 39.7. The topological polar surface area (TPSA) is 149 Å². The van der Waals surface area contributed by atoms with Crippen molar-refractivity contribution in [3.05, 3.63) is 72.9 Å². The Balaban J connectivity index is 4.39. The Morgan fingerprint density at radius 1 is 0.544 bits per heavy atom. The maximum Gasteiger partial charge on any atom is 0.472 e. The fourth-order valence-corrected chi connectivity index (χ4v) is 6.27. The van der Waals surface area contributed by atoms with E-state index in [2.05, 4.69) is 91.3 Å². The lowest BCUT2D eigenvalue weighted by Gasteiger charge is -2.20. The Morgan fingerprint density at radius 3 is 1.47 bits per heavy atom. The zero-order valence-electron chi connectivity index (χ0n) is 35.5. The summed E-state index contributed by atoms with van der Waals surface area (Å²) in [6.45, 7) is 2.20. The number of esters is 2. The summed E-state index contributed by atoms with van der Waals surface area (Å²) < 4.78 is 32.7. The van der Waals surface area contributed by atoms with Crippen LogP contribution in [-0.2, 0) is 32.7 Å². The molecular weight excluding hydrogens is 743 g/mol. The molecule has 3 atom stereocenters. The summed E-state index contributed by atoms with van der Waals surface area (Å²) in [5.41, 5.74) is 0. The van der Waals surface area contributed by atoms with Gasteiger partial charge >= 0.3 is 19.8 Å². The number of rotatable bonds is 40. The first-order valence-corrected chi connectivity index (χ1v) is 23.4. The number of carbonyl (C=O) groups is 2. The molecule has 0 aliphatic heterocycles. The number of phosphoric ester groups is 1. The van der Waals surface area contributed by atoms with Gasteiger partial charge in [0.25, 0.3) is 0 Å². The molecule has 0 saturated heterocycles. The Labute approximate surface area is 346 Å². The smallest absolute Gasteiger partial charge is 0.462 e. The standard InChI is InChI=1S/C46H79O10P/c1-3-5-7-9-11-13-15-17-19-20-21-22-24-25-27-29-31-33-35-37-45(49)53-41-44(42-55-57(51,52)54-40-43(48)39-47)56-46(50)38-36-34-32-30-28-26-23-18-16-14-12-10-8-6-4-2/h5,7,11,13,17,19,21-22,25-28,43-44,47-48H,3-4,6,8-10,12,14-16,18,20,23-24,29-42H2,1-2H3,(H,51,52)/b7-5+,13-11+,19-17+,22-21+,27-25+,28-26+/t43-,44+/m0/s1. The van der Waals surface area contributed by atoms with Crippen LogP contribution in [0.3, 0.4) is 0 Å². The van der Waals surface area contributed by atoms with Crippen molar-refractivity contribution in [1.29, 1.82) is 0 Å². The predicted molar refractivity (Wildman–Crippen MR) is 233 cm³/mol. The first-order chi connectivity index (χ1) is 27.7. The van der Waals surface area contributed by atoms with E-state index >= 15 is 0 Å². The van der Waals surface area contributed by atoms with Crippen molar-refractivity contribution >= 4 is 19.8 Å². The van der Waals surface area contributed by atoms with Gasteiger partial charge in [-0.15, -0.1) is 0 Å². The van der Waals surface area contributed by atoms with Crippen molar-refractivity contribution in [1.82, 2.24) is 0 Å². The second-order valence-electron chi connectivity index (χ2n) is 14.3. The highest BCUT2D eigenvalue weighted by atomic mass is 31.2. The van der Waals surface area contributed by atoms with Crippen LogP contribution in [0.5, 0.6) is 0 Å². The van der Waals surface area contributed by atoms with E-state index in [1.807, 2.05) is 0 Å². The molecule has 0 amide bonds. The average Bonchev–Trinajstić information content (AvgIpc) is 3.20. The number of hydrogen-bond donors (Lipinski definition) is 3. The van der Waals surface area contributed by atoms with E-state index in [9.17, 15) is 24.2 Å². The molecule has 0 aromatic heterocycles. The summed E-state index contributed by atoms with van der Waals surface area (Å²) in [6.07, 6.45) is 47.2. The largest absolute Gasteiger partial charge is 0.472 e. The number of aliphatic hydroxyl groups is 2. The number of carbonyl (C=O) groups excluding carboxylic acids is 2. The van der Waals surface area contributed by atoms with Gasteiger partial charge in [-0.2, -0.15) is 0 Å². The number of aliphatic hydroxyl groups excluding tert-OH is 2. The third kappa shape index (κ3) is 41.4. The van der Waals surface area contributed by atoms with Crippen LogP contribution in [0.1, 0.15) is 168 Å². The lowest BCUT2D eigenvalue weighted by molar-refractivity contribution is -0.161. The molecule has 0 aromatic carbocycles. The highest BCUT2D eigenvalue weighted by molar-refractivity contribution is 7.47. The Morgan fingerprint density at radius 2 is 0.965 bits per heavy atom. The fraction of sp³-hybridized carbons (Fsp3) is 0.696. The average molecular weight is 823 g/mol. The van der Waals surface area contributed by atoms with Crippen LogP contribution < -0.4 is 0 Å². The second-order valence-corrected chi connectivity index (χ2v) is 15.8. The zero-order chi connectivity index (χ0) is 41.9. The number of allylic oxidation sites excluding steroid dienone is 12. The lowest BCUT2D eigenvalue weighted by atomic mass is 10.1. The van der Waals surface area contributed by atoms with Gasteiger partial charge in [0.05, 0.1) is 19.8 Å². The Hall–Kier alpha value is -2.59. The van der Waals surface area contributed by atoms with Crippen LogP contribution in [0.25, 0.3) is 0 Å². The van der Waals surface area contributed by atoms with E-state index in [0.717, 1.165) is 77.0 Å². The number of unbranched alkanes of at least 4 members (excludes halogenated alkanes) is 14. The monoisotopic (exact) mass is 823 g/mol. The molecule has 0 aliphatic rings. The van der Waals surface area contributed by atoms with Gasteiger partial charge in [-0.3, -0.25) is 18.6 Å². The number of hydrogen-bond acceptors (Lipinski definition) is 9. The first kappa shape index (κ1) is 54.4. The van der Waals surface area contributed by atoms with Gasteiger partial charge in [0, 0.05) is 12.8 Å². The van der Waals surface area contributed by atoms with E-state index < -0.39 is 51.8 Å². The van der Waals surface area contributed by atoms with E-state index in [0.29, 0.717) is 12.8 Å². The summed E-state index contributed by atoms with van der Waals surface area (Å²) >= 11 is 0. The molecule has 10 nitrogen and oxygen atoms in total. The molecule has 3 N–H and O–H groups in total. The summed E-state index contributed by atoms with van der Waals surface area (Å²) in [4.78, 5) is 35.0. The molecule has 0 aliphatic carbocycles. The molecule has 1 unspecified atom stereocenters. The highest BCUT2D eigenvalue weighted by Gasteiger charge is 2.27. The van der Waals surface area contributed by atoms with Crippen molar-refractivity contribution in [2.45, 2.75) is 180 Å². The molecule has 0 heterocycles. The quantitative estimate of drug-likeness (QED) is 0.0236. The summed E-state index contributed by atoms with van der Waals surface area (Å²) in [5, 5.41) is 18.3. The molecule has 0 fully saturated rings. The third-order valence-corrected chi connectivity index (χ3v) is 9.80. The molecule has 57 heavy (non-hydrogen) atoms. The van der Waals surface area contributed by atoms with Crippen molar-refractivity contribution < 1.29 is 47.8 Å². The van der Waals surface area contributed by atoms with Gasteiger partial charge in [0.2, 0.25) is 0 Å². The summed E-state index contributed by atoms with van der Waals surface area (Å²) in [7, 11) is -4.63. The minimum atomic E-state index is -4.63. The molecule has 0 rings (SSSR count). The second kappa shape index (κ2) is 41.6. The summed E-state index contributed by atoms with van der Waals surface area (Å²) in [6, 6.07) is 0. The van der Waals surface area contributed by atoms with Crippen LogP contribution in [-0.4, -0.2) is 65.7 Å². The minimum absolute atomic E-state index is 0.153. The van der Waals surface area contributed by atoms with Gasteiger partial charge in [-0.05, 0) is 83.5 Å². The predicted octanol–water partition coefficient (Wildman–Crippen LogP) is 11.7. The molecule has 11 heteroatoms. The molecular formula is C46H79O10P. The van der Waals surface area contributed by atoms with Crippen LogP contribution in [0.4, 0.5) is 0 Å². The van der Waals surface area contributed by atoms with E-state index in [1.165, 1.54) is 51.4 Å². The third-order valence-electron chi connectivity index (χ3n) is 8.84. The van der Waals surface area contributed by atoms with Gasteiger partial charge in [0.1, 0.15) is 12.7 Å². The maximum atomic E-state index is 12.6. The van der Waals surface area contributed by atoms with Crippen molar-refractivity contribution in [2.75, 3.05) is 26.4 Å².